The predicted octanol–water partition coefficient (Wildman–Crippen LogP) is 2.37. The maximum atomic E-state index is 13.0. The number of benzene rings is 1. The van der Waals surface area contributed by atoms with Crippen LogP contribution in [0.15, 0.2) is 24.3 Å². The third-order valence-corrected chi connectivity index (χ3v) is 3.80. The summed E-state index contributed by atoms with van der Waals surface area (Å²) in [7, 11) is 0. The summed E-state index contributed by atoms with van der Waals surface area (Å²) in [6, 6.07) is 5.77. The zero-order valence-electron chi connectivity index (χ0n) is 12.2. The molecule has 2 N–H and O–H groups in total. The number of carbonyl (C=O) groups excluding carboxylic acids is 1. The molecule has 0 aliphatic carbocycles. The van der Waals surface area contributed by atoms with Crippen molar-refractivity contribution in [1.82, 2.24) is 5.32 Å². The lowest BCUT2D eigenvalue weighted by atomic mass is 9.74. The third-order valence-electron chi connectivity index (χ3n) is 3.80. The van der Waals surface area contributed by atoms with E-state index in [1.54, 1.807) is 33.8 Å². The Hall–Kier alpha value is -1.91. The van der Waals surface area contributed by atoms with E-state index in [0.29, 0.717) is 5.56 Å². The van der Waals surface area contributed by atoms with Crippen molar-refractivity contribution < 1.29 is 19.1 Å². The van der Waals surface area contributed by atoms with E-state index in [4.69, 9.17) is 0 Å². The van der Waals surface area contributed by atoms with Gasteiger partial charge in [-0.05, 0) is 45.4 Å². The van der Waals surface area contributed by atoms with Gasteiger partial charge in [0.1, 0.15) is 5.82 Å². The highest BCUT2D eigenvalue weighted by atomic mass is 19.1. The van der Waals surface area contributed by atoms with Crippen LogP contribution in [0.4, 0.5) is 4.39 Å². The first kappa shape index (κ1) is 16.1. The third kappa shape index (κ3) is 3.56. The molecule has 0 atom stereocenters. The normalized spacial score (nSPS) is 12.1. The Balaban J connectivity index is 2.78. The Morgan fingerprint density at radius 3 is 2.35 bits per heavy atom. The number of halogens is 1. The molecule has 1 rings (SSSR count). The molecule has 1 aromatic carbocycles. The maximum absolute atomic E-state index is 13.0. The fourth-order valence-electron chi connectivity index (χ4n) is 1.65. The molecule has 0 saturated carbocycles. The summed E-state index contributed by atoms with van der Waals surface area (Å²) in [5.41, 5.74) is -1.50. The molecule has 0 radical (unpaired) electrons. The zero-order chi connectivity index (χ0) is 15.6. The first-order valence-corrected chi connectivity index (χ1v) is 6.35. The van der Waals surface area contributed by atoms with Crippen LogP contribution in [0, 0.1) is 11.2 Å². The zero-order valence-corrected chi connectivity index (χ0v) is 12.2. The molecular formula is C15H20FNO3. The van der Waals surface area contributed by atoms with Crippen LogP contribution in [-0.4, -0.2) is 22.5 Å². The average molecular weight is 281 g/mol. The summed E-state index contributed by atoms with van der Waals surface area (Å²) in [6.07, 6.45) is 0.0108. The summed E-state index contributed by atoms with van der Waals surface area (Å²) >= 11 is 0. The van der Waals surface area contributed by atoms with E-state index in [1.807, 2.05) is 0 Å². The van der Waals surface area contributed by atoms with E-state index >= 15 is 0 Å². The fraction of sp³-hybridized carbons (Fsp3) is 0.467. The highest BCUT2D eigenvalue weighted by molar-refractivity contribution is 5.82. The van der Waals surface area contributed by atoms with Crippen molar-refractivity contribution in [2.45, 2.75) is 39.7 Å². The van der Waals surface area contributed by atoms with Crippen molar-refractivity contribution in [3.05, 3.63) is 35.6 Å². The molecule has 110 valence electrons. The van der Waals surface area contributed by atoms with Crippen LogP contribution in [0.3, 0.4) is 0 Å². The number of nitrogens with one attached hydrogen (secondary N) is 1. The highest BCUT2D eigenvalue weighted by Gasteiger charge is 2.44. The standard InChI is InChI=1S/C15H20FNO3/c1-14(2,13(19)20)15(3,4)17-12(18)9-10-6-5-7-11(16)8-10/h5-8H,9H2,1-4H3,(H,17,18)(H,19,20). The molecule has 20 heavy (non-hydrogen) atoms. The van der Waals surface area contributed by atoms with Crippen molar-refractivity contribution in [2.24, 2.45) is 5.41 Å². The minimum Gasteiger partial charge on any atom is -0.481 e. The van der Waals surface area contributed by atoms with Gasteiger partial charge in [0.2, 0.25) is 5.91 Å². The van der Waals surface area contributed by atoms with E-state index in [2.05, 4.69) is 5.32 Å². The van der Waals surface area contributed by atoms with Crippen molar-refractivity contribution in [2.75, 3.05) is 0 Å². The second-order valence-corrected chi connectivity index (χ2v) is 5.91. The second kappa shape index (κ2) is 5.61. The quantitative estimate of drug-likeness (QED) is 0.870. The molecule has 1 amide bonds. The van der Waals surface area contributed by atoms with Crippen LogP contribution in [0.5, 0.6) is 0 Å². The Morgan fingerprint density at radius 2 is 1.85 bits per heavy atom. The Bertz CT molecular complexity index is 524. The van der Waals surface area contributed by atoms with Gasteiger partial charge in [0.05, 0.1) is 11.8 Å². The number of hydrogen-bond donors (Lipinski definition) is 2. The lowest BCUT2D eigenvalue weighted by Crippen LogP contribution is -2.57. The van der Waals surface area contributed by atoms with Crippen molar-refractivity contribution in [3.63, 3.8) is 0 Å². The molecule has 0 unspecified atom stereocenters. The Labute approximate surface area is 118 Å². The van der Waals surface area contributed by atoms with Gasteiger partial charge in [0, 0.05) is 5.54 Å². The molecule has 0 spiro atoms. The Morgan fingerprint density at radius 1 is 1.25 bits per heavy atom. The number of carbonyl (C=O) groups is 2. The molecule has 0 saturated heterocycles. The Kier molecular flexibility index (Phi) is 4.53. The summed E-state index contributed by atoms with van der Waals surface area (Å²) in [4.78, 5) is 23.2. The smallest absolute Gasteiger partial charge is 0.311 e. The van der Waals surface area contributed by atoms with Crippen LogP contribution >= 0.6 is 0 Å². The fourth-order valence-corrected chi connectivity index (χ4v) is 1.65. The SMILES string of the molecule is CC(C)(NC(=O)Cc1cccc(F)c1)C(C)(C)C(=O)O. The van der Waals surface area contributed by atoms with Gasteiger partial charge in [0.15, 0.2) is 0 Å². The van der Waals surface area contributed by atoms with Crippen molar-refractivity contribution in [3.8, 4) is 0 Å². The van der Waals surface area contributed by atoms with E-state index < -0.39 is 22.7 Å². The number of carboxylic acids is 1. The molecule has 1 aromatic rings. The van der Waals surface area contributed by atoms with Gasteiger partial charge in [0.25, 0.3) is 0 Å². The molecular weight excluding hydrogens is 261 g/mol. The predicted molar refractivity (Wildman–Crippen MR) is 73.7 cm³/mol. The number of carboxylic acid groups (broad SMARTS) is 1. The maximum Gasteiger partial charge on any atom is 0.311 e. The van der Waals surface area contributed by atoms with Gasteiger partial charge in [-0.15, -0.1) is 0 Å². The monoisotopic (exact) mass is 281 g/mol. The van der Waals surface area contributed by atoms with Crippen LogP contribution < -0.4 is 5.32 Å². The number of aliphatic carboxylic acids is 1. The first-order valence-electron chi connectivity index (χ1n) is 6.35. The molecule has 0 bridgehead atoms. The largest absolute Gasteiger partial charge is 0.481 e. The van der Waals surface area contributed by atoms with Crippen LogP contribution in [0.25, 0.3) is 0 Å². The van der Waals surface area contributed by atoms with Gasteiger partial charge in [-0.25, -0.2) is 4.39 Å². The number of hydrogen-bond acceptors (Lipinski definition) is 2. The first-order chi connectivity index (χ1) is 9.06. The summed E-state index contributed by atoms with van der Waals surface area (Å²) in [6.45, 7) is 6.42. The topological polar surface area (TPSA) is 66.4 Å². The molecule has 4 nitrogen and oxygen atoms in total. The van der Waals surface area contributed by atoms with Crippen molar-refractivity contribution in [1.29, 1.82) is 0 Å². The molecule has 5 heteroatoms. The molecule has 0 fully saturated rings. The minimum absolute atomic E-state index is 0.0108. The highest BCUT2D eigenvalue weighted by Crippen LogP contribution is 2.30. The van der Waals surface area contributed by atoms with Gasteiger partial charge < -0.3 is 10.4 Å². The van der Waals surface area contributed by atoms with E-state index in [1.165, 1.54) is 18.2 Å². The van der Waals surface area contributed by atoms with Crippen LogP contribution in [-0.2, 0) is 16.0 Å². The average Bonchev–Trinajstić information content (AvgIpc) is 2.27. The molecule has 0 aliphatic heterocycles. The van der Waals surface area contributed by atoms with Gasteiger partial charge in [-0.3, -0.25) is 9.59 Å². The van der Waals surface area contributed by atoms with Gasteiger partial charge >= 0.3 is 5.97 Å². The van der Waals surface area contributed by atoms with Crippen molar-refractivity contribution >= 4 is 11.9 Å². The van der Waals surface area contributed by atoms with Crippen LogP contribution in [0.2, 0.25) is 0 Å². The van der Waals surface area contributed by atoms with E-state index in [0.717, 1.165) is 0 Å². The summed E-state index contributed by atoms with van der Waals surface area (Å²) in [5, 5.41) is 11.9. The minimum atomic E-state index is -1.12. The lowest BCUT2D eigenvalue weighted by molar-refractivity contribution is -0.151. The van der Waals surface area contributed by atoms with E-state index in [9.17, 15) is 19.1 Å². The second-order valence-electron chi connectivity index (χ2n) is 5.91. The van der Waals surface area contributed by atoms with Crippen LogP contribution in [0.1, 0.15) is 33.3 Å². The number of rotatable bonds is 5. The molecule has 0 aromatic heterocycles. The summed E-state index contributed by atoms with van der Waals surface area (Å²) < 4.78 is 13.0. The number of amides is 1. The van der Waals surface area contributed by atoms with E-state index in [-0.39, 0.29) is 12.3 Å². The van der Waals surface area contributed by atoms with Gasteiger partial charge in [-0.2, -0.15) is 0 Å². The summed E-state index contributed by atoms with van der Waals surface area (Å²) in [5.74, 6) is -1.73. The van der Waals surface area contributed by atoms with Gasteiger partial charge in [-0.1, -0.05) is 12.1 Å². The lowest BCUT2D eigenvalue weighted by Gasteiger charge is -2.38. The molecule has 0 heterocycles. The molecule has 0 aliphatic rings.